The van der Waals surface area contributed by atoms with E-state index in [2.05, 4.69) is 15.5 Å². The standard InChI is InChI=1S/C20H21N3O3S2/c1-3-8-16(18(25)26-4-2)27-20-23-22-19(28-20)21-17(24)15-12-7-10-13-9-5-6-11-14(13)15/h5-7,9-12,16H,3-4,8H2,1-2H3,(H,21,22,24)/t16-/m0/s1. The molecule has 3 aromatic rings. The predicted octanol–water partition coefficient (Wildman–Crippen LogP) is 4.77. The maximum absolute atomic E-state index is 12.7. The highest BCUT2D eigenvalue weighted by Gasteiger charge is 2.23. The lowest BCUT2D eigenvalue weighted by Gasteiger charge is -2.11. The molecule has 8 heteroatoms. The van der Waals surface area contributed by atoms with Crippen molar-refractivity contribution in [3.8, 4) is 0 Å². The highest BCUT2D eigenvalue weighted by atomic mass is 32.2. The molecule has 0 aliphatic rings. The van der Waals surface area contributed by atoms with E-state index < -0.39 is 0 Å². The van der Waals surface area contributed by atoms with Crippen molar-refractivity contribution in [2.45, 2.75) is 36.3 Å². The molecule has 1 N–H and O–H groups in total. The molecule has 0 unspecified atom stereocenters. The summed E-state index contributed by atoms with van der Waals surface area (Å²) >= 11 is 2.58. The Labute approximate surface area is 171 Å². The quantitative estimate of drug-likeness (QED) is 0.324. The average Bonchev–Trinajstić information content (AvgIpc) is 3.14. The molecule has 1 aromatic heterocycles. The molecule has 0 fully saturated rings. The first-order chi connectivity index (χ1) is 13.6. The van der Waals surface area contributed by atoms with Crippen molar-refractivity contribution in [2.75, 3.05) is 11.9 Å². The van der Waals surface area contributed by atoms with Gasteiger partial charge in [-0.2, -0.15) is 0 Å². The van der Waals surface area contributed by atoms with Gasteiger partial charge >= 0.3 is 5.97 Å². The van der Waals surface area contributed by atoms with Crippen molar-refractivity contribution in [3.63, 3.8) is 0 Å². The number of nitrogens with zero attached hydrogens (tertiary/aromatic N) is 2. The van der Waals surface area contributed by atoms with Gasteiger partial charge in [-0.15, -0.1) is 10.2 Å². The van der Waals surface area contributed by atoms with E-state index in [4.69, 9.17) is 4.74 Å². The highest BCUT2D eigenvalue weighted by molar-refractivity contribution is 8.02. The molecule has 1 amide bonds. The first-order valence-corrected chi connectivity index (χ1v) is 10.8. The minimum Gasteiger partial charge on any atom is -0.465 e. The zero-order valence-electron chi connectivity index (χ0n) is 15.7. The molecule has 0 bridgehead atoms. The normalized spacial score (nSPS) is 11.9. The molecule has 2 aromatic carbocycles. The molecule has 146 valence electrons. The van der Waals surface area contributed by atoms with Crippen LogP contribution in [-0.2, 0) is 9.53 Å². The molecule has 0 aliphatic heterocycles. The van der Waals surface area contributed by atoms with Gasteiger partial charge in [0.2, 0.25) is 5.13 Å². The van der Waals surface area contributed by atoms with E-state index in [-0.39, 0.29) is 17.1 Å². The summed E-state index contributed by atoms with van der Waals surface area (Å²) in [5, 5.41) is 12.9. The van der Waals surface area contributed by atoms with Crippen LogP contribution in [0.1, 0.15) is 37.0 Å². The summed E-state index contributed by atoms with van der Waals surface area (Å²) in [5.74, 6) is -0.481. The Hall–Kier alpha value is -2.45. The van der Waals surface area contributed by atoms with E-state index in [0.29, 0.717) is 28.1 Å². The average molecular weight is 416 g/mol. The number of rotatable bonds is 8. The number of ether oxygens (including phenoxy) is 1. The number of fused-ring (bicyclic) bond motifs is 1. The fourth-order valence-corrected chi connectivity index (χ4v) is 4.84. The van der Waals surface area contributed by atoms with Gasteiger partial charge in [-0.1, -0.05) is 72.8 Å². The molecule has 0 saturated carbocycles. The lowest BCUT2D eigenvalue weighted by atomic mass is 10.0. The number of carbonyl (C=O) groups excluding carboxylic acids is 2. The number of hydrogen-bond donors (Lipinski definition) is 1. The SMILES string of the molecule is CCC[C@H](Sc1nnc(NC(=O)c2cccc3ccccc23)s1)C(=O)OCC. The zero-order chi connectivity index (χ0) is 19.9. The summed E-state index contributed by atoms with van der Waals surface area (Å²) in [6.45, 7) is 4.15. The summed E-state index contributed by atoms with van der Waals surface area (Å²) in [4.78, 5) is 24.8. The van der Waals surface area contributed by atoms with E-state index in [1.165, 1.54) is 23.1 Å². The summed E-state index contributed by atoms with van der Waals surface area (Å²) in [6, 6.07) is 13.3. The van der Waals surface area contributed by atoms with E-state index in [1.54, 1.807) is 13.0 Å². The number of nitrogens with one attached hydrogen (secondary N) is 1. The Bertz CT molecular complexity index is 969. The van der Waals surface area contributed by atoms with Crippen LogP contribution in [0.5, 0.6) is 0 Å². The zero-order valence-corrected chi connectivity index (χ0v) is 17.3. The lowest BCUT2D eigenvalue weighted by Crippen LogP contribution is -2.20. The maximum atomic E-state index is 12.7. The van der Waals surface area contributed by atoms with E-state index in [1.807, 2.05) is 43.3 Å². The van der Waals surface area contributed by atoms with Crippen molar-refractivity contribution in [1.29, 1.82) is 0 Å². The Morgan fingerprint density at radius 2 is 1.93 bits per heavy atom. The van der Waals surface area contributed by atoms with Crippen molar-refractivity contribution >= 4 is 50.9 Å². The number of carbonyl (C=O) groups is 2. The summed E-state index contributed by atoms with van der Waals surface area (Å²) in [5.41, 5.74) is 0.581. The first kappa shape index (κ1) is 20.3. The highest BCUT2D eigenvalue weighted by Crippen LogP contribution is 2.32. The molecule has 1 heterocycles. The van der Waals surface area contributed by atoms with Gasteiger partial charge in [-0.25, -0.2) is 0 Å². The van der Waals surface area contributed by atoms with Crippen LogP contribution < -0.4 is 5.32 Å². The van der Waals surface area contributed by atoms with Gasteiger partial charge < -0.3 is 4.74 Å². The Kier molecular flexibility index (Phi) is 7.00. The maximum Gasteiger partial charge on any atom is 0.319 e. The number of aromatic nitrogens is 2. The second-order valence-corrected chi connectivity index (χ2v) is 8.43. The van der Waals surface area contributed by atoms with Gasteiger partial charge in [-0.3, -0.25) is 14.9 Å². The summed E-state index contributed by atoms with van der Waals surface area (Å²) in [6.07, 6.45) is 1.56. The fraction of sp³-hybridized carbons (Fsp3) is 0.300. The van der Waals surface area contributed by atoms with Gasteiger partial charge in [0.05, 0.1) is 6.61 Å². The van der Waals surface area contributed by atoms with Crippen LogP contribution in [0.2, 0.25) is 0 Å². The summed E-state index contributed by atoms with van der Waals surface area (Å²) in [7, 11) is 0. The molecule has 6 nitrogen and oxygen atoms in total. The molecular formula is C20H21N3O3S2. The molecular weight excluding hydrogens is 394 g/mol. The molecule has 0 saturated heterocycles. The van der Waals surface area contributed by atoms with Crippen LogP contribution >= 0.6 is 23.1 Å². The van der Waals surface area contributed by atoms with Gasteiger partial charge in [0, 0.05) is 5.56 Å². The molecule has 0 aliphatic carbocycles. The number of benzene rings is 2. The third kappa shape index (κ3) is 4.88. The van der Waals surface area contributed by atoms with Gasteiger partial charge in [-0.05, 0) is 30.2 Å². The third-order valence-electron chi connectivity index (χ3n) is 4.00. The van der Waals surface area contributed by atoms with Crippen molar-refractivity contribution in [2.24, 2.45) is 0 Å². The minimum atomic E-state index is -0.320. The molecule has 0 radical (unpaired) electrons. The van der Waals surface area contributed by atoms with Gasteiger partial charge in [0.25, 0.3) is 5.91 Å². The van der Waals surface area contributed by atoms with Gasteiger partial charge in [0.15, 0.2) is 4.34 Å². The van der Waals surface area contributed by atoms with Crippen LogP contribution in [0.3, 0.4) is 0 Å². The number of hydrogen-bond acceptors (Lipinski definition) is 7. The van der Waals surface area contributed by atoms with Crippen LogP contribution in [-0.4, -0.2) is 33.9 Å². The second kappa shape index (κ2) is 9.66. The smallest absolute Gasteiger partial charge is 0.319 e. The Morgan fingerprint density at radius 1 is 1.14 bits per heavy atom. The molecule has 3 rings (SSSR count). The predicted molar refractivity (Wildman–Crippen MR) is 113 cm³/mol. The second-order valence-electron chi connectivity index (χ2n) is 6.00. The van der Waals surface area contributed by atoms with Gasteiger partial charge in [0.1, 0.15) is 5.25 Å². The van der Waals surface area contributed by atoms with Crippen LogP contribution in [0.15, 0.2) is 46.8 Å². The van der Waals surface area contributed by atoms with E-state index in [0.717, 1.165) is 17.2 Å². The topological polar surface area (TPSA) is 81.2 Å². The lowest BCUT2D eigenvalue weighted by molar-refractivity contribution is -0.142. The number of anilines is 1. The summed E-state index contributed by atoms with van der Waals surface area (Å²) < 4.78 is 5.75. The molecule has 1 atom stereocenters. The van der Waals surface area contributed by atoms with E-state index >= 15 is 0 Å². The van der Waals surface area contributed by atoms with Crippen LogP contribution in [0.25, 0.3) is 10.8 Å². The molecule has 0 spiro atoms. The largest absolute Gasteiger partial charge is 0.465 e. The first-order valence-electron chi connectivity index (χ1n) is 9.08. The van der Waals surface area contributed by atoms with Crippen LogP contribution in [0, 0.1) is 0 Å². The fourth-order valence-electron chi connectivity index (χ4n) is 2.74. The number of amides is 1. The monoisotopic (exact) mass is 415 g/mol. The van der Waals surface area contributed by atoms with Crippen molar-refractivity contribution < 1.29 is 14.3 Å². The van der Waals surface area contributed by atoms with Crippen molar-refractivity contribution in [3.05, 3.63) is 48.0 Å². The third-order valence-corrected chi connectivity index (χ3v) is 6.17. The Balaban J connectivity index is 1.71. The molecule has 28 heavy (non-hydrogen) atoms. The van der Waals surface area contributed by atoms with Crippen LogP contribution in [0.4, 0.5) is 5.13 Å². The van der Waals surface area contributed by atoms with E-state index in [9.17, 15) is 9.59 Å². The number of thioether (sulfide) groups is 1. The number of esters is 1. The Morgan fingerprint density at radius 3 is 2.71 bits per heavy atom. The van der Waals surface area contributed by atoms with Crippen molar-refractivity contribution in [1.82, 2.24) is 10.2 Å². The minimum absolute atomic E-state index is 0.236.